The van der Waals surface area contributed by atoms with Crippen LogP contribution in [0, 0.1) is 6.92 Å². The third kappa shape index (κ3) is 36.2. The molecule has 18 heavy (non-hydrogen) atoms. The maximum absolute atomic E-state index is 2.21. The third-order valence-electron chi connectivity index (χ3n) is 1.65. The van der Waals surface area contributed by atoms with Crippen LogP contribution in [0.3, 0.4) is 0 Å². The highest BCUT2D eigenvalue weighted by atomic mass is 13.8. The van der Waals surface area contributed by atoms with Gasteiger partial charge in [-0.3, -0.25) is 0 Å². The second-order valence-corrected chi connectivity index (χ2v) is 3.01. The molecule has 0 aliphatic heterocycles. The van der Waals surface area contributed by atoms with Crippen molar-refractivity contribution in [2.45, 2.75) is 81.6 Å². The maximum Gasteiger partial charge on any atom is -0.0398 e. The lowest BCUT2D eigenvalue weighted by atomic mass is 10.2. The lowest BCUT2D eigenvalue weighted by molar-refractivity contribution is 0.772. The van der Waals surface area contributed by atoms with Gasteiger partial charge in [0, 0.05) is 0 Å². The van der Waals surface area contributed by atoms with Gasteiger partial charge in [-0.25, -0.2) is 0 Å². The van der Waals surface area contributed by atoms with Crippen molar-refractivity contribution in [1.29, 1.82) is 0 Å². The summed E-state index contributed by atoms with van der Waals surface area (Å²) >= 11 is 0. The number of unbranched alkanes of at least 4 members (excludes halogenated alkanes) is 2. The van der Waals surface area contributed by atoms with Gasteiger partial charge in [0.05, 0.1) is 0 Å². The van der Waals surface area contributed by atoms with E-state index in [2.05, 4.69) is 32.9 Å². The van der Waals surface area contributed by atoms with Crippen LogP contribution in [0.25, 0.3) is 0 Å². The van der Waals surface area contributed by atoms with Crippen LogP contribution < -0.4 is 0 Å². The molecule has 110 valence electrons. The molecule has 1 aromatic rings. The van der Waals surface area contributed by atoms with Crippen molar-refractivity contribution in [3.8, 4) is 0 Å². The fraction of sp³-hybridized carbons (Fsp3) is 0.667. The highest BCUT2D eigenvalue weighted by Gasteiger charge is 1.72. The first-order valence-electron chi connectivity index (χ1n) is 7.82. The number of aryl methyl sites for hydroxylation is 1. The predicted molar refractivity (Wildman–Crippen MR) is 90.4 cm³/mol. The summed E-state index contributed by atoms with van der Waals surface area (Å²) in [5.74, 6) is 0. The topological polar surface area (TPSA) is 0 Å². The highest BCUT2D eigenvalue weighted by Crippen LogP contribution is 1.92. The van der Waals surface area contributed by atoms with E-state index in [4.69, 9.17) is 0 Å². The van der Waals surface area contributed by atoms with Gasteiger partial charge in [0.15, 0.2) is 0 Å². The number of hydrogen-bond acceptors (Lipinski definition) is 0. The van der Waals surface area contributed by atoms with Crippen molar-refractivity contribution in [1.82, 2.24) is 0 Å². The standard InChI is InChI=1S/C7H8.C5H12.3C2H6/c1-7-5-3-2-4-6-7;1-3-5-4-2;3*1-2/h2-6H,1H3;3-5H2,1-2H3;3*1-2H3. The Kier molecular flexibility index (Phi) is 51.8. The van der Waals surface area contributed by atoms with E-state index in [0.717, 1.165) is 0 Å². The van der Waals surface area contributed by atoms with E-state index < -0.39 is 0 Å². The van der Waals surface area contributed by atoms with E-state index in [0.29, 0.717) is 0 Å². The average Bonchev–Trinajstić information content (AvgIpc) is 2.48. The molecule has 1 rings (SSSR count). The minimum absolute atomic E-state index is 1.32. The first-order chi connectivity index (χ1) is 8.81. The van der Waals surface area contributed by atoms with Crippen LogP contribution in [0.5, 0.6) is 0 Å². The molecule has 0 aliphatic rings. The van der Waals surface area contributed by atoms with Gasteiger partial charge in [0.25, 0.3) is 0 Å². The zero-order valence-electron chi connectivity index (χ0n) is 14.5. The van der Waals surface area contributed by atoms with Gasteiger partial charge in [-0.05, 0) is 6.92 Å². The molecule has 0 nitrogen and oxygen atoms in total. The van der Waals surface area contributed by atoms with Crippen molar-refractivity contribution in [2.24, 2.45) is 0 Å². The van der Waals surface area contributed by atoms with Gasteiger partial charge >= 0.3 is 0 Å². The fourth-order valence-corrected chi connectivity index (χ4v) is 0.888. The summed E-state index contributed by atoms with van der Waals surface area (Å²) in [6, 6.07) is 10.3. The molecule has 0 unspecified atom stereocenters. The summed E-state index contributed by atoms with van der Waals surface area (Å²) in [6.45, 7) is 18.5. The second kappa shape index (κ2) is 36.0. The van der Waals surface area contributed by atoms with Gasteiger partial charge < -0.3 is 0 Å². The molecular formula is C18H38. The van der Waals surface area contributed by atoms with Gasteiger partial charge in [0.1, 0.15) is 0 Å². The molecule has 0 bridgehead atoms. The second-order valence-electron chi connectivity index (χ2n) is 3.01. The van der Waals surface area contributed by atoms with E-state index in [9.17, 15) is 0 Å². The van der Waals surface area contributed by atoms with Crippen LogP contribution in [-0.2, 0) is 0 Å². The first-order valence-corrected chi connectivity index (χ1v) is 7.82. The summed E-state index contributed by atoms with van der Waals surface area (Å²) in [6.07, 6.45) is 4.08. The summed E-state index contributed by atoms with van der Waals surface area (Å²) < 4.78 is 0. The average molecular weight is 255 g/mol. The van der Waals surface area contributed by atoms with Crippen LogP contribution in [0.4, 0.5) is 0 Å². The quantitative estimate of drug-likeness (QED) is 0.520. The molecular weight excluding hydrogens is 216 g/mol. The SMILES string of the molecule is CC.CC.CC.CCCCC.Cc1ccccc1. The van der Waals surface area contributed by atoms with Crippen molar-refractivity contribution in [3.63, 3.8) is 0 Å². The van der Waals surface area contributed by atoms with Crippen molar-refractivity contribution in [3.05, 3.63) is 35.9 Å². The smallest absolute Gasteiger partial charge is 0.0398 e. The normalized spacial score (nSPS) is 6.72. The van der Waals surface area contributed by atoms with E-state index in [-0.39, 0.29) is 0 Å². The Morgan fingerprint density at radius 1 is 0.667 bits per heavy atom. The van der Waals surface area contributed by atoms with Crippen molar-refractivity contribution < 1.29 is 0 Å². The van der Waals surface area contributed by atoms with Gasteiger partial charge in [-0.1, -0.05) is 111 Å². The molecule has 0 heterocycles. The Balaban J connectivity index is -0.0000000792. The molecule has 0 saturated carbocycles. The van der Waals surface area contributed by atoms with Crippen LogP contribution in [0.15, 0.2) is 30.3 Å². The Bertz CT molecular complexity index is 163. The van der Waals surface area contributed by atoms with E-state index in [1.54, 1.807) is 0 Å². The first kappa shape index (κ1) is 25.9. The maximum atomic E-state index is 2.21. The Labute approximate surface area is 118 Å². The van der Waals surface area contributed by atoms with Crippen LogP contribution >= 0.6 is 0 Å². The zero-order valence-corrected chi connectivity index (χ0v) is 14.5. The zero-order chi connectivity index (χ0) is 15.2. The molecule has 1 aromatic carbocycles. The monoisotopic (exact) mass is 254 g/mol. The van der Waals surface area contributed by atoms with E-state index in [1.807, 2.05) is 59.7 Å². The molecule has 0 spiro atoms. The minimum Gasteiger partial charge on any atom is -0.0683 e. The van der Waals surface area contributed by atoms with E-state index in [1.165, 1.54) is 24.8 Å². The predicted octanol–water partition coefficient (Wildman–Crippen LogP) is 7.27. The molecule has 0 aliphatic carbocycles. The van der Waals surface area contributed by atoms with Gasteiger partial charge in [-0.2, -0.15) is 0 Å². The number of hydrogen-bond donors (Lipinski definition) is 0. The van der Waals surface area contributed by atoms with Crippen LogP contribution in [0.1, 0.15) is 80.2 Å². The van der Waals surface area contributed by atoms with Gasteiger partial charge in [0.2, 0.25) is 0 Å². The lowest BCUT2D eigenvalue weighted by Gasteiger charge is -1.82. The number of benzene rings is 1. The summed E-state index contributed by atoms with van der Waals surface area (Å²) in [5.41, 5.74) is 1.32. The summed E-state index contributed by atoms with van der Waals surface area (Å²) in [4.78, 5) is 0. The minimum atomic E-state index is 1.32. The molecule has 0 fully saturated rings. The summed E-state index contributed by atoms with van der Waals surface area (Å²) in [5, 5.41) is 0. The van der Waals surface area contributed by atoms with Crippen molar-refractivity contribution >= 4 is 0 Å². The van der Waals surface area contributed by atoms with Crippen LogP contribution in [0.2, 0.25) is 0 Å². The Morgan fingerprint density at radius 2 is 1.00 bits per heavy atom. The fourth-order valence-electron chi connectivity index (χ4n) is 0.888. The molecule has 0 radical (unpaired) electrons. The Hall–Kier alpha value is -0.780. The van der Waals surface area contributed by atoms with Crippen LogP contribution in [-0.4, -0.2) is 0 Å². The number of rotatable bonds is 2. The molecule has 0 saturated heterocycles. The van der Waals surface area contributed by atoms with E-state index >= 15 is 0 Å². The molecule has 0 N–H and O–H groups in total. The molecule has 0 amide bonds. The summed E-state index contributed by atoms with van der Waals surface area (Å²) in [7, 11) is 0. The Morgan fingerprint density at radius 3 is 1.11 bits per heavy atom. The molecule has 0 aromatic heterocycles. The largest absolute Gasteiger partial charge is 0.0683 e. The van der Waals surface area contributed by atoms with Crippen molar-refractivity contribution in [2.75, 3.05) is 0 Å². The third-order valence-corrected chi connectivity index (χ3v) is 1.65. The van der Waals surface area contributed by atoms with Gasteiger partial charge in [-0.15, -0.1) is 0 Å². The molecule has 0 heteroatoms. The molecule has 0 atom stereocenters. The lowest BCUT2D eigenvalue weighted by Crippen LogP contribution is -1.62. The highest BCUT2D eigenvalue weighted by molar-refractivity contribution is 5.11.